The maximum absolute atomic E-state index is 3.61. The molecule has 0 aliphatic carbocycles. The van der Waals surface area contributed by atoms with Crippen LogP contribution in [0, 0.1) is 11.3 Å². The number of hydrogen-bond acceptors (Lipinski definition) is 2. The zero-order chi connectivity index (χ0) is 10.4. The van der Waals surface area contributed by atoms with Gasteiger partial charge < -0.3 is 10.6 Å². The van der Waals surface area contributed by atoms with E-state index in [2.05, 4.69) is 31.4 Å². The lowest BCUT2D eigenvalue weighted by molar-refractivity contribution is 0.297. The predicted molar refractivity (Wildman–Crippen MR) is 62.5 cm³/mol. The average Bonchev–Trinajstić information content (AvgIpc) is 2.19. The minimum atomic E-state index is 0.460. The van der Waals surface area contributed by atoms with Gasteiger partial charge in [0.1, 0.15) is 0 Å². The first-order valence-corrected chi connectivity index (χ1v) is 6.05. The molecule has 1 fully saturated rings. The first-order chi connectivity index (χ1) is 6.64. The molecule has 1 rings (SSSR count). The fraction of sp³-hybridized carbons (Fsp3) is 1.00. The molecule has 1 heterocycles. The Morgan fingerprint density at radius 1 is 1.43 bits per heavy atom. The first-order valence-electron chi connectivity index (χ1n) is 6.05. The van der Waals surface area contributed by atoms with Crippen LogP contribution in [0.25, 0.3) is 0 Å². The maximum atomic E-state index is 3.61. The van der Waals surface area contributed by atoms with Crippen LogP contribution >= 0.6 is 0 Å². The van der Waals surface area contributed by atoms with E-state index in [9.17, 15) is 0 Å². The molecule has 1 saturated heterocycles. The lowest BCUT2D eigenvalue weighted by Gasteiger charge is -2.27. The summed E-state index contributed by atoms with van der Waals surface area (Å²) in [5.74, 6) is 0.858. The van der Waals surface area contributed by atoms with Gasteiger partial charge in [-0.15, -0.1) is 0 Å². The van der Waals surface area contributed by atoms with E-state index in [1.54, 1.807) is 0 Å². The smallest absolute Gasteiger partial charge is 0.000254 e. The molecule has 84 valence electrons. The zero-order valence-electron chi connectivity index (χ0n) is 10.0. The highest BCUT2D eigenvalue weighted by Crippen LogP contribution is 2.18. The summed E-state index contributed by atoms with van der Waals surface area (Å²) >= 11 is 0. The Labute approximate surface area is 88.8 Å². The van der Waals surface area contributed by atoms with Crippen LogP contribution in [0.1, 0.15) is 40.0 Å². The minimum absolute atomic E-state index is 0.460. The van der Waals surface area contributed by atoms with E-state index >= 15 is 0 Å². The van der Waals surface area contributed by atoms with Gasteiger partial charge in [-0.2, -0.15) is 0 Å². The second-order valence-corrected chi connectivity index (χ2v) is 5.36. The zero-order valence-corrected chi connectivity index (χ0v) is 10.0. The number of piperidine rings is 1. The van der Waals surface area contributed by atoms with Crippen molar-refractivity contribution in [3.05, 3.63) is 0 Å². The molecular formula is C12H26N2. The van der Waals surface area contributed by atoms with Crippen LogP contribution in [0.2, 0.25) is 0 Å². The van der Waals surface area contributed by atoms with Crippen molar-refractivity contribution in [2.45, 2.75) is 40.0 Å². The molecular weight excluding hydrogens is 172 g/mol. The quantitative estimate of drug-likeness (QED) is 0.706. The van der Waals surface area contributed by atoms with Crippen molar-refractivity contribution in [3.63, 3.8) is 0 Å². The molecule has 1 aliphatic heterocycles. The summed E-state index contributed by atoms with van der Waals surface area (Å²) in [7, 11) is 0. The van der Waals surface area contributed by atoms with Crippen LogP contribution in [0.4, 0.5) is 0 Å². The molecule has 2 nitrogen and oxygen atoms in total. The number of hydrogen-bond donors (Lipinski definition) is 2. The van der Waals surface area contributed by atoms with E-state index in [0.29, 0.717) is 5.41 Å². The maximum Gasteiger partial charge on any atom is 0.000254 e. The van der Waals surface area contributed by atoms with Crippen LogP contribution in [0.3, 0.4) is 0 Å². The van der Waals surface area contributed by atoms with Gasteiger partial charge in [0.25, 0.3) is 0 Å². The van der Waals surface area contributed by atoms with Crippen LogP contribution in [-0.2, 0) is 0 Å². The molecule has 0 aromatic carbocycles. The van der Waals surface area contributed by atoms with Crippen LogP contribution in [0.5, 0.6) is 0 Å². The van der Waals surface area contributed by atoms with Crippen molar-refractivity contribution in [1.82, 2.24) is 10.6 Å². The molecule has 0 radical (unpaired) electrons. The molecule has 0 amide bonds. The van der Waals surface area contributed by atoms with E-state index in [4.69, 9.17) is 0 Å². The fourth-order valence-corrected chi connectivity index (χ4v) is 1.84. The fourth-order valence-electron chi connectivity index (χ4n) is 1.84. The molecule has 2 heteroatoms. The Balaban J connectivity index is 2.08. The third-order valence-electron chi connectivity index (χ3n) is 3.39. The standard InChI is InChI=1S/C12H26N2/c1-4-12(2,3)10-14-9-11-6-5-7-13-8-11/h11,13-14H,4-10H2,1-3H3. The highest BCUT2D eigenvalue weighted by Gasteiger charge is 2.16. The van der Waals surface area contributed by atoms with Gasteiger partial charge in [0, 0.05) is 6.54 Å². The first kappa shape index (κ1) is 12.0. The van der Waals surface area contributed by atoms with Crippen LogP contribution in [-0.4, -0.2) is 26.2 Å². The Kier molecular flexibility index (Phi) is 4.90. The van der Waals surface area contributed by atoms with Crippen molar-refractivity contribution in [3.8, 4) is 0 Å². The van der Waals surface area contributed by atoms with E-state index in [1.165, 1.54) is 38.9 Å². The van der Waals surface area contributed by atoms with Gasteiger partial charge in [-0.05, 0) is 50.2 Å². The highest BCUT2D eigenvalue weighted by atomic mass is 14.9. The van der Waals surface area contributed by atoms with Gasteiger partial charge >= 0.3 is 0 Å². The largest absolute Gasteiger partial charge is 0.316 e. The summed E-state index contributed by atoms with van der Waals surface area (Å²) in [5, 5.41) is 7.06. The molecule has 1 aliphatic rings. The Bertz CT molecular complexity index is 148. The van der Waals surface area contributed by atoms with E-state index in [1.807, 2.05) is 0 Å². The van der Waals surface area contributed by atoms with Crippen molar-refractivity contribution in [2.75, 3.05) is 26.2 Å². The molecule has 14 heavy (non-hydrogen) atoms. The molecule has 1 atom stereocenters. The molecule has 0 aromatic heterocycles. The van der Waals surface area contributed by atoms with Gasteiger partial charge in [0.15, 0.2) is 0 Å². The van der Waals surface area contributed by atoms with E-state index in [0.717, 1.165) is 12.5 Å². The van der Waals surface area contributed by atoms with Gasteiger partial charge in [0.2, 0.25) is 0 Å². The third-order valence-corrected chi connectivity index (χ3v) is 3.39. The van der Waals surface area contributed by atoms with Crippen LogP contribution in [0.15, 0.2) is 0 Å². The predicted octanol–water partition coefficient (Wildman–Crippen LogP) is 2.01. The lowest BCUT2D eigenvalue weighted by atomic mass is 9.90. The monoisotopic (exact) mass is 198 g/mol. The van der Waals surface area contributed by atoms with Crippen molar-refractivity contribution < 1.29 is 0 Å². The van der Waals surface area contributed by atoms with Crippen molar-refractivity contribution in [1.29, 1.82) is 0 Å². The summed E-state index contributed by atoms with van der Waals surface area (Å²) in [6.07, 6.45) is 4.00. The molecule has 1 unspecified atom stereocenters. The number of rotatable bonds is 5. The molecule has 0 spiro atoms. The Morgan fingerprint density at radius 2 is 2.21 bits per heavy atom. The summed E-state index contributed by atoms with van der Waals surface area (Å²) < 4.78 is 0. The second kappa shape index (κ2) is 5.72. The summed E-state index contributed by atoms with van der Waals surface area (Å²) in [6.45, 7) is 11.7. The lowest BCUT2D eigenvalue weighted by Crippen LogP contribution is -2.38. The molecule has 0 aromatic rings. The minimum Gasteiger partial charge on any atom is -0.316 e. The third kappa shape index (κ3) is 4.43. The van der Waals surface area contributed by atoms with Crippen molar-refractivity contribution in [2.24, 2.45) is 11.3 Å². The van der Waals surface area contributed by atoms with Crippen LogP contribution < -0.4 is 10.6 Å². The summed E-state index contributed by atoms with van der Waals surface area (Å²) in [5.41, 5.74) is 0.460. The Morgan fingerprint density at radius 3 is 2.79 bits per heavy atom. The highest BCUT2D eigenvalue weighted by molar-refractivity contribution is 4.74. The van der Waals surface area contributed by atoms with Gasteiger partial charge in [-0.3, -0.25) is 0 Å². The summed E-state index contributed by atoms with van der Waals surface area (Å²) in [6, 6.07) is 0. The normalized spacial score (nSPS) is 23.8. The van der Waals surface area contributed by atoms with Gasteiger partial charge in [0.05, 0.1) is 0 Å². The van der Waals surface area contributed by atoms with Crippen molar-refractivity contribution >= 4 is 0 Å². The molecule has 2 N–H and O–H groups in total. The average molecular weight is 198 g/mol. The SMILES string of the molecule is CCC(C)(C)CNCC1CCCNC1. The van der Waals surface area contributed by atoms with E-state index in [-0.39, 0.29) is 0 Å². The molecule has 0 bridgehead atoms. The van der Waals surface area contributed by atoms with Gasteiger partial charge in [-0.25, -0.2) is 0 Å². The number of nitrogens with one attached hydrogen (secondary N) is 2. The topological polar surface area (TPSA) is 24.1 Å². The van der Waals surface area contributed by atoms with E-state index < -0.39 is 0 Å². The van der Waals surface area contributed by atoms with Gasteiger partial charge in [-0.1, -0.05) is 20.8 Å². The Hall–Kier alpha value is -0.0800. The second-order valence-electron chi connectivity index (χ2n) is 5.36. The summed E-state index contributed by atoms with van der Waals surface area (Å²) in [4.78, 5) is 0. The molecule has 0 saturated carbocycles.